The topological polar surface area (TPSA) is 101 Å². The number of carbonyl (C=O) groups is 2. The highest BCUT2D eigenvalue weighted by molar-refractivity contribution is 7.94. The number of fused-ring (bicyclic) bond motifs is 1. The van der Waals surface area contributed by atoms with Gasteiger partial charge in [0.1, 0.15) is 22.2 Å². The molecule has 186 valence electrons. The Labute approximate surface area is 209 Å². The molecule has 0 aliphatic carbocycles. The first-order valence-corrected chi connectivity index (χ1v) is 11.9. The smallest absolute Gasteiger partial charge is 0.274 e. The highest BCUT2D eigenvalue weighted by Gasteiger charge is 2.35. The van der Waals surface area contributed by atoms with Crippen molar-refractivity contribution < 1.29 is 27.7 Å². The van der Waals surface area contributed by atoms with Crippen molar-refractivity contribution in [2.24, 2.45) is 0 Å². The van der Waals surface area contributed by atoms with Gasteiger partial charge in [0, 0.05) is 43.6 Å². The molecule has 1 aliphatic rings. The van der Waals surface area contributed by atoms with E-state index in [0.717, 1.165) is 18.3 Å². The van der Waals surface area contributed by atoms with E-state index in [2.05, 4.69) is 11.2 Å². The number of rotatable bonds is 9. The summed E-state index contributed by atoms with van der Waals surface area (Å²) in [5.74, 6) is -1.41. The van der Waals surface area contributed by atoms with Gasteiger partial charge in [-0.2, -0.15) is 0 Å². The van der Waals surface area contributed by atoms with E-state index in [0.29, 0.717) is 12.4 Å². The lowest BCUT2D eigenvalue weighted by atomic mass is 10.1. The van der Waals surface area contributed by atoms with E-state index < -0.39 is 57.8 Å². The molecule has 0 unspecified atom stereocenters. The molecule has 1 aromatic carbocycles. The van der Waals surface area contributed by atoms with Crippen LogP contribution in [0.3, 0.4) is 0 Å². The molecule has 2 aromatic rings. The molecule has 0 saturated carbocycles. The lowest BCUT2D eigenvalue weighted by molar-refractivity contribution is 0.0604. The summed E-state index contributed by atoms with van der Waals surface area (Å²) < 4.78 is 34.0. The quantitative estimate of drug-likeness (QED) is 0.226. The van der Waals surface area contributed by atoms with Crippen LogP contribution in [0.5, 0.6) is 5.75 Å². The van der Waals surface area contributed by atoms with Crippen molar-refractivity contribution in [2.75, 3.05) is 18.9 Å². The van der Waals surface area contributed by atoms with Gasteiger partial charge in [0.05, 0.1) is 12.6 Å². The number of hydrogen-bond acceptors (Lipinski definition) is 6. The molecule has 1 aliphatic heterocycles. The van der Waals surface area contributed by atoms with Gasteiger partial charge in [-0.15, -0.1) is 12.3 Å². The fraction of sp³-hybridized carbons (Fsp3) is 0.348. The number of halogens is 3. The second-order valence-corrected chi connectivity index (χ2v) is 8.79. The Kier molecular flexibility index (Phi) is 8.77. The van der Waals surface area contributed by atoms with E-state index in [1.165, 1.54) is 21.5 Å². The summed E-state index contributed by atoms with van der Waals surface area (Å²) in [5, 5.41) is 12.2. The highest BCUT2D eigenvalue weighted by Crippen LogP contribution is 2.26. The fourth-order valence-electron chi connectivity index (χ4n) is 3.65. The second-order valence-electron chi connectivity index (χ2n) is 7.53. The molecule has 0 radical (unpaired) electrons. The highest BCUT2D eigenvalue weighted by atomic mass is 35.5. The Bertz CT molecular complexity index is 1250. The molecule has 35 heavy (non-hydrogen) atoms. The predicted molar refractivity (Wildman–Crippen MR) is 127 cm³/mol. The Morgan fingerprint density at radius 2 is 2.14 bits per heavy atom. The summed E-state index contributed by atoms with van der Waals surface area (Å²) in [4.78, 5) is 40.0. The number of carbonyl (C=O) groups excluding carboxylic acids is 2. The summed E-state index contributed by atoms with van der Waals surface area (Å²) in [5.41, 5.74) is -1.86. The van der Waals surface area contributed by atoms with Crippen LogP contribution in [-0.4, -0.2) is 51.3 Å². The van der Waals surface area contributed by atoms with Gasteiger partial charge in [-0.25, -0.2) is 8.78 Å². The molecular formula is C23H22ClF2N3O5S. The van der Waals surface area contributed by atoms with Crippen LogP contribution in [0, 0.1) is 24.0 Å². The van der Waals surface area contributed by atoms with Crippen molar-refractivity contribution in [1.29, 1.82) is 0 Å². The summed E-state index contributed by atoms with van der Waals surface area (Å²) in [6.07, 6.45) is 6.84. The van der Waals surface area contributed by atoms with Gasteiger partial charge >= 0.3 is 0 Å². The molecule has 12 heteroatoms. The zero-order valence-corrected chi connectivity index (χ0v) is 20.2. The van der Waals surface area contributed by atoms with Crippen LogP contribution in [-0.2, 0) is 17.3 Å². The minimum atomic E-state index is -1.06. The van der Waals surface area contributed by atoms with Crippen molar-refractivity contribution in [3.05, 3.63) is 62.0 Å². The second kappa shape index (κ2) is 11.6. The van der Waals surface area contributed by atoms with Crippen molar-refractivity contribution in [3.63, 3.8) is 0 Å². The first-order chi connectivity index (χ1) is 16.7. The third-order valence-corrected chi connectivity index (χ3v) is 6.44. The molecule has 3 rings (SSSR count). The number of terminal acetylenes is 1. The first kappa shape index (κ1) is 26.5. The SMILES string of the molecule is C#CC[C@H]1Cn2cc(C(=O)NCc3ccc(F)c(Cl)c3F)c(=O)c(O)c2C(=O)N1CCSOCC. The van der Waals surface area contributed by atoms with E-state index in [1.807, 2.05) is 6.92 Å². The van der Waals surface area contributed by atoms with E-state index in [9.17, 15) is 28.3 Å². The van der Waals surface area contributed by atoms with Crippen LogP contribution in [0.1, 0.15) is 39.8 Å². The largest absolute Gasteiger partial charge is 0.503 e. The zero-order valence-electron chi connectivity index (χ0n) is 18.6. The molecule has 0 spiro atoms. The molecule has 2 heterocycles. The molecule has 2 N–H and O–H groups in total. The number of nitrogens with one attached hydrogen (secondary N) is 1. The molecular weight excluding hydrogens is 504 g/mol. The Hall–Kier alpha value is -3.07. The molecule has 0 saturated heterocycles. The predicted octanol–water partition coefficient (Wildman–Crippen LogP) is 2.95. The number of aromatic nitrogens is 1. The zero-order chi connectivity index (χ0) is 25.7. The Balaban J connectivity index is 1.87. The van der Waals surface area contributed by atoms with Crippen molar-refractivity contribution >= 4 is 35.5 Å². The van der Waals surface area contributed by atoms with Gasteiger partial charge in [0.15, 0.2) is 11.4 Å². The molecule has 0 fully saturated rings. The van der Waals surface area contributed by atoms with Gasteiger partial charge < -0.3 is 24.1 Å². The Morgan fingerprint density at radius 3 is 2.83 bits per heavy atom. The maximum atomic E-state index is 14.1. The summed E-state index contributed by atoms with van der Waals surface area (Å²) in [6, 6.07) is 1.62. The van der Waals surface area contributed by atoms with E-state index in [4.69, 9.17) is 22.2 Å². The van der Waals surface area contributed by atoms with Crippen molar-refractivity contribution in [1.82, 2.24) is 14.8 Å². The number of pyridine rings is 1. The van der Waals surface area contributed by atoms with Gasteiger partial charge in [-0.3, -0.25) is 14.4 Å². The summed E-state index contributed by atoms with van der Waals surface area (Å²) in [7, 11) is 0. The van der Waals surface area contributed by atoms with Crippen LogP contribution >= 0.6 is 23.6 Å². The minimum absolute atomic E-state index is 0.100. The van der Waals surface area contributed by atoms with Gasteiger partial charge in [-0.1, -0.05) is 17.7 Å². The first-order valence-electron chi connectivity index (χ1n) is 10.6. The third-order valence-electron chi connectivity index (χ3n) is 5.34. The number of nitrogens with zero attached hydrogens (tertiary/aromatic N) is 2. The molecule has 0 bridgehead atoms. The van der Waals surface area contributed by atoms with E-state index in [1.54, 1.807) is 0 Å². The average molecular weight is 526 g/mol. The van der Waals surface area contributed by atoms with Gasteiger partial charge in [0.25, 0.3) is 11.8 Å². The van der Waals surface area contributed by atoms with Crippen LogP contribution in [0.15, 0.2) is 23.1 Å². The van der Waals surface area contributed by atoms with Crippen LogP contribution in [0.2, 0.25) is 5.02 Å². The van der Waals surface area contributed by atoms with Crippen molar-refractivity contribution in [3.8, 4) is 18.1 Å². The monoisotopic (exact) mass is 525 g/mol. The number of aromatic hydroxyl groups is 1. The number of amides is 2. The molecule has 1 aromatic heterocycles. The third kappa shape index (κ3) is 5.61. The fourth-order valence-corrected chi connectivity index (χ4v) is 4.39. The van der Waals surface area contributed by atoms with Gasteiger partial charge in [-0.05, 0) is 25.0 Å². The standard InChI is InChI=1S/C23H22ClF2N3O5S/c1-3-5-14-11-28-12-15(22(32)27-10-13-6-7-16(25)17(24)18(13)26)20(30)21(31)19(28)23(33)29(14)8-9-35-34-4-2/h1,6-7,12,14,31H,4-5,8-11H2,2H3,(H,27,32)/t14-/m0/s1. The van der Waals surface area contributed by atoms with E-state index in [-0.39, 0.29) is 30.8 Å². The average Bonchev–Trinajstić information content (AvgIpc) is 2.83. The molecule has 1 atom stereocenters. The minimum Gasteiger partial charge on any atom is -0.503 e. The van der Waals surface area contributed by atoms with Crippen LogP contribution in [0.4, 0.5) is 8.78 Å². The number of benzene rings is 1. The van der Waals surface area contributed by atoms with Crippen LogP contribution < -0.4 is 10.7 Å². The van der Waals surface area contributed by atoms with Crippen molar-refractivity contribution in [2.45, 2.75) is 32.5 Å². The van der Waals surface area contributed by atoms with Crippen LogP contribution in [0.25, 0.3) is 0 Å². The summed E-state index contributed by atoms with van der Waals surface area (Å²) in [6.45, 7) is 2.35. The Morgan fingerprint density at radius 1 is 1.40 bits per heavy atom. The lowest BCUT2D eigenvalue weighted by Gasteiger charge is -2.37. The normalized spacial score (nSPS) is 15.0. The summed E-state index contributed by atoms with van der Waals surface area (Å²) >= 11 is 6.73. The number of hydrogen-bond donors (Lipinski definition) is 2. The van der Waals surface area contributed by atoms with Gasteiger partial charge in [0.2, 0.25) is 5.43 Å². The lowest BCUT2D eigenvalue weighted by Crippen LogP contribution is -2.50. The van der Waals surface area contributed by atoms with E-state index >= 15 is 0 Å². The molecule has 8 nitrogen and oxygen atoms in total. The molecule has 2 amide bonds. The maximum absolute atomic E-state index is 14.1. The maximum Gasteiger partial charge on any atom is 0.274 e.